The third kappa shape index (κ3) is 5.14. The summed E-state index contributed by atoms with van der Waals surface area (Å²) >= 11 is 0. The Morgan fingerprint density at radius 1 is 1.19 bits per heavy atom. The molecule has 0 heterocycles. The van der Waals surface area contributed by atoms with E-state index in [-0.39, 0.29) is 5.97 Å². The lowest BCUT2D eigenvalue weighted by molar-refractivity contribution is 0.0138. The predicted molar refractivity (Wildman–Crippen MR) is 82.0 cm³/mol. The van der Waals surface area contributed by atoms with Crippen molar-refractivity contribution in [1.82, 2.24) is 0 Å². The minimum absolute atomic E-state index is 0.259. The van der Waals surface area contributed by atoms with Crippen LogP contribution in [0.4, 0.5) is 0 Å². The quantitative estimate of drug-likeness (QED) is 0.818. The first kappa shape index (κ1) is 16.0. The molecule has 0 radical (unpaired) electrons. The van der Waals surface area contributed by atoms with Crippen LogP contribution in [0.15, 0.2) is 24.3 Å². The van der Waals surface area contributed by atoms with Gasteiger partial charge >= 0.3 is 5.97 Å². The van der Waals surface area contributed by atoms with Crippen molar-refractivity contribution in [1.29, 1.82) is 0 Å². The maximum Gasteiger partial charge on any atom is 0.338 e. The van der Waals surface area contributed by atoms with E-state index in [1.807, 2.05) is 19.1 Å². The highest BCUT2D eigenvalue weighted by Gasteiger charge is 2.18. The smallest absolute Gasteiger partial charge is 0.338 e. The standard InChI is InChI=1S/C17H25NO3/c1-2-11-20-17(19)14-5-3-13(4-6-14)12-21-16-9-7-15(18)8-10-16/h3-6,15-16H,2,7-12,18H2,1H3. The van der Waals surface area contributed by atoms with Crippen LogP contribution >= 0.6 is 0 Å². The van der Waals surface area contributed by atoms with Crippen LogP contribution in [0, 0.1) is 0 Å². The molecule has 0 spiro atoms. The molecule has 1 aromatic carbocycles. The highest BCUT2D eigenvalue weighted by Crippen LogP contribution is 2.21. The van der Waals surface area contributed by atoms with Gasteiger partial charge in [-0.05, 0) is 49.8 Å². The molecular formula is C17H25NO3. The topological polar surface area (TPSA) is 61.5 Å². The molecular weight excluding hydrogens is 266 g/mol. The molecule has 0 aromatic heterocycles. The number of esters is 1. The summed E-state index contributed by atoms with van der Waals surface area (Å²) in [6, 6.07) is 7.80. The van der Waals surface area contributed by atoms with E-state index in [0.717, 1.165) is 37.7 Å². The van der Waals surface area contributed by atoms with Crippen LogP contribution in [-0.2, 0) is 16.1 Å². The van der Waals surface area contributed by atoms with Gasteiger partial charge in [0.15, 0.2) is 0 Å². The summed E-state index contributed by atoms with van der Waals surface area (Å²) in [6.07, 6.45) is 5.34. The summed E-state index contributed by atoms with van der Waals surface area (Å²) in [6.45, 7) is 3.03. The molecule has 4 heteroatoms. The Morgan fingerprint density at radius 2 is 1.86 bits per heavy atom. The fourth-order valence-electron chi connectivity index (χ4n) is 2.48. The van der Waals surface area contributed by atoms with Gasteiger partial charge in [0.05, 0.1) is 24.9 Å². The monoisotopic (exact) mass is 291 g/mol. The average Bonchev–Trinajstić information content (AvgIpc) is 2.52. The van der Waals surface area contributed by atoms with E-state index < -0.39 is 0 Å². The summed E-state index contributed by atoms with van der Waals surface area (Å²) in [5.74, 6) is -0.259. The molecule has 1 aliphatic rings. The molecule has 0 amide bonds. The van der Waals surface area contributed by atoms with E-state index in [0.29, 0.717) is 30.9 Å². The Labute approximate surface area is 126 Å². The van der Waals surface area contributed by atoms with Crippen LogP contribution in [0.25, 0.3) is 0 Å². The number of rotatable bonds is 6. The van der Waals surface area contributed by atoms with Gasteiger partial charge in [-0.1, -0.05) is 19.1 Å². The van der Waals surface area contributed by atoms with Crippen molar-refractivity contribution in [3.63, 3.8) is 0 Å². The Kier molecular flexibility index (Phi) is 6.21. The average molecular weight is 291 g/mol. The largest absolute Gasteiger partial charge is 0.462 e. The highest BCUT2D eigenvalue weighted by molar-refractivity contribution is 5.89. The molecule has 1 fully saturated rings. The fourth-order valence-corrected chi connectivity index (χ4v) is 2.48. The lowest BCUT2D eigenvalue weighted by Gasteiger charge is -2.26. The first-order valence-electron chi connectivity index (χ1n) is 7.82. The number of carbonyl (C=O) groups excluding carboxylic acids is 1. The molecule has 1 aliphatic carbocycles. The number of benzene rings is 1. The minimum Gasteiger partial charge on any atom is -0.462 e. The molecule has 0 atom stereocenters. The molecule has 1 saturated carbocycles. The summed E-state index contributed by atoms with van der Waals surface area (Å²) in [5.41, 5.74) is 7.56. The Bertz CT molecular complexity index is 436. The second-order valence-corrected chi connectivity index (χ2v) is 5.68. The molecule has 2 N–H and O–H groups in total. The normalized spacial score (nSPS) is 22.0. The predicted octanol–water partition coefficient (Wildman–Crippen LogP) is 3.04. The zero-order valence-electron chi connectivity index (χ0n) is 12.7. The zero-order chi connectivity index (χ0) is 15.1. The van der Waals surface area contributed by atoms with Gasteiger partial charge in [-0.25, -0.2) is 4.79 Å². The summed E-state index contributed by atoms with van der Waals surface area (Å²) in [7, 11) is 0. The molecule has 0 bridgehead atoms. The molecule has 1 aromatic rings. The van der Waals surface area contributed by atoms with E-state index >= 15 is 0 Å². The zero-order valence-corrected chi connectivity index (χ0v) is 12.7. The lowest BCUT2D eigenvalue weighted by Crippen LogP contribution is -2.30. The number of nitrogens with two attached hydrogens (primary N) is 1. The van der Waals surface area contributed by atoms with Gasteiger partial charge in [-0.2, -0.15) is 0 Å². The lowest BCUT2D eigenvalue weighted by atomic mass is 9.94. The van der Waals surface area contributed by atoms with Crippen molar-refractivity contribution in [2.45, 2.75) is 57.8 Å². The van der Waals surface area contributed by atoms with E-state index in [2.05, 4.69) is 0 Å². The number of hydrogen-bond acceptors (Lipinski definition) is 4. The molecule has 116 valence electrons. The van der Waals surface area contributed by atoms with Crippen LogP contribution in [0.5, 0.6) is 0 Å². The van der Waals surface area contributed by atoms with Crippen LogP contribution < -0.4 is 5.73 Å². The second kappa shape index (κ2) is 8.15. The van der Waals surface area contributed by atoms with Gasteiger partial charge in [0.2, 0.25) is 0 Å². The Morgan fingerprint density at radius 3 is 2.48 bits per heavy atom. The van der Waals surface area contributed by atoms with Crippen molar-refractivity contribution >= 4 is 5.97 Å². The van der Waals surface area contributed by atoms with E-state index in [9.17, 15) is 4.79 Å². The van der Waals surface area contributed by atoms with E-state index in [1.54, 1.807) is 12.1 Å². The third-order valence-electron chi connectivity index (χ3n) is 3.83. The van der Waals surface area contributed by atoms with Gasteiger partial charge < -0.3 is 15.2 Å². The first-order valence-corrected chi connectivity index (χ1v) is 7.82. The van der Waals surface area contributed by atoms with Gasteiger partial charge in [0.1, 0.15) is 0 Å². The SMILES string of the molecule is CCCOC(=O)c1ccc(COC2CCC(N)CC2)cc1. The van der Waals surface area contributed by atoms with Crippen LogP contribution in [0.1, 0.15) is 54.9 Å². The molecule has 2 rings (SSSR count). The van der Waals surface area contributed by atoms with Crippen LogP contribution in [0.3, 0.4) is 0 Å². The molecule has 0 saturated heterocycles. The van der Waals surface area contributed by atoms with Gasteiger partial charge in [0, 0.05) is 6.04 Å². The minimum atomic E-state index is -0.259. The fraction of sp³-hybridized carbons (Fsp3) is 0.588. The van der Waals surface area contributed by atoms with Gasteiger partial charge in [0.25, 0.3) is 0 Å². The van der Waals surface area contributed by atoms with Gasteiger partial charge in [-0.15, -0.1) is 0 Å². The van der Waals surface area contributed by atoms with E-state index in [4.69, 9.17) is 15.2 Å². The van der Waals surface area contributed by atoms with Crippen LogP contribution in [-0.4, -0.2) is 24.7 Å². The van der Waals surface area contributed by atoms with Crippen molar-refractivity contribution in [3.05, 3.63) is 35.4 Å². The first-order chi connectivity index (χ1) is 10.2. The highest BCUT2D eigenvalue weighted by atomic mass is 16.5. The van der Waals surface area contributed by atoms with Crippen LogP contribution in [0.2, 0.25) is 0 Å². The summed E-state index contributed by atoms with van der Waals surface area (Å²) in [5, 5.41) is 0. The van der Waals surface area contributed by atoms with Crippen molar-refractivity contribution in [2.24, 2.45) is 5.73 Å². The second-order valence-electron chi connectivity index (χ2n) is 5.68. The van der Waals surface area contributed by atoms with Crippen molar-refractivity contribution in [2.75, 3.05) is 6.61 Å². The third-order valence-corrected chi connectivity index (χ3v) is 3.83. The van der Waals surface area contributed by atoms with E-state index in [1.165, 1.54) is 0 Å². The van der Waals surface area contributed by atoms with Gasteiger partial charge in [-0.3, -0.25) is 0 Å². The molecule has 0 aliphatic heterocycles. The maximum atomic E-state index is 11.7. The molecule has 0 unspecified atom stereocenters. The van der Waals surface area contributed by atoms with Crippen molar-refractivity contribution < 1.29 is 14.3 Å². The number of carbonyl (C=O) groups is 1. The summed E-state index contributed by atoms with van der Waals surface area (Å²) in [4.78, 5) is 11.7. The number of ether oxygens (including phenoxy) is 2. The molecule has 21 heavy (non-hydrogen) atoms. The summed E-state index contributed by atoms with van der Waals surface area (Å²) < 4.78 is 11.0. The maximum absolute atomic E-state index is 11.7. The van der Waals surface area contributed by atoms with Crippen molar-refractivity contribution in [3.8, 4) is 0 Å². The number of hydrogen-bond donors (Lipinski definition) is 1. The molecule has 4 nitrogen and oxygen atoms in total. The Hall–Kier alpha value is -1.39. The Balaban J connectivity index is 1.78.